The summed E-state index contributed by atoms with van der Waals surface area (Å²) in [6, 6.07) is 9.82. The second-order valence-electron chi connectivity index (χ2n) is 9.73. The van der Waals surface area contributed by atoms with E-state index >= 15 is 4.39 Å². The van der Waals surface area contributed by atoms with Crippen LogP contribution < -0.4 is 10.2 Å². The Balaban J connectivity index is 1.61. The molecule has 4 aromatic rings. The molecule has 38 heavy (non-hydrogen) atoms. The van der Waals surface area contributed by atoms with Crippen LogP contribution in [0.4, 0.5) is 14.6 Å². The Hall–Kier alpha value is -4.78. The number of nitrogens with one attached hydrogen (secondary N) is 1. The van der Waals surface area contributed by atoms with Crippen molar-refractivity contribution in [1.82, 2.24) is 15.3 Å². The van der Waals surface area contributed by atoms with E-state index in [1.54, 1.807) is 6.92 Å². The number of aromatic nitrogens is 2. The van der Waals surface area contributed by atoms with E-state index in [-0.39, 0.29) is 57.0 Å². The lowest BCUT2D eigenvalue weighted by atomic mass is 9.94. The number of hydrogen-bond acceptors (Lipinski definition) is 7. The van der Waals surface area contributed by atoms with Crippen molar-refractivity contribution in [3.05, 3.63) is 58.9 Å². The molecule has 2 N–H and O–H groups in total. The molecular weight excluding hydrogens is 486 g/mol. The van der Waals surface area contributed by atoms with Crippen LogP contribution in [-0.4, -0.2) is 40.2 Å². The summed E-state index contributed by atoms with van der Waals surface area (Å²) in [5, 5.41) is 34.4. The summed E-state index contributed by atoms with van der Waals surface area (Å²) in [6.07, 6.45) is 7.80. The number of halogens is 2. The van der Waals surface area contributed by atoms with E-state index in [0.717, 1.165) is 0 Å². The maximum atomic E-state index is 16.5. The lowest BCUT2D eigenvalue weighted by Gasteiger charge is -2.34. The number of piperazine rings is 1. The molecule has 0 saturated carbocycles. The molecule has 9 heteroatoms. The second-order valence-corrected chi connectivity index (χ2v) is 9.73. The Labute approximate surface area is 217 Å². The topological polar surface area (TPSA) is 109 Å². The highest BCUT2D eigenvalue weighted by molar-refractivity contribution is 6.04. The maximum absolute atomic E-state index is 16.5. The number of anilines is 1. The van der Waals surface area contributed by atoms with Gasteiger partial charge in [-0.25, -0.2) is 13.8 Å². The number of nitrogens with zero attached hydrogens (tertiary/aromatic N) is 5. The number of aromatic hydroxyl groups is 1. The predicted molar refractivity (Wildman–Crippen MR) is 138 cm³/mol. The molecule has 186 valence electrons. The molecule has 0 spiro atoms. The SMILES string of the molecule is C#Cc1c(F)ccc2cc(O)cc(-c3ncc4c(N5CC6CC(C#N)C(C5)N6)nc(C#N)c(C)c4c3F)c12. The molecule has 0 radical (unpaired) electrons. The standard InChI is InChI=1S/C29H20F2N6O/c1-3-19-22(30)5-4-15-7-18(38)8-20(26(15)19)28-27(31)25-14(2)23(10-33)36-29(21(25)11-34-28)37-12-17-6-16(9-32)24(13-37)35-17/h1,4-5,7-8,11,16-17,24,35,38H,6,12-13H2,2H3. The Bertz CT molecular complexity index is 1800. The van der Waals surface area contributed by atoms with Crippen LogP contribution in [0.5, 0.6) is 5.75 Å². The highest BCUT2D eigenvalue weighted by Crippen LogP contribution is 2.40. The molecule has 3 unspecified atom stereocenters. The van der Waals surface area contributed by atoms with Crippen molar-refractivity contribution >= 4 is 27.4 Å². The summed E-state index contributed by atoms with van der Waals surface area (Å²) in [5.41, 5.74) is 0.359. The first-order valence-corrected chi connectivity index (χ1v) is 12.1. The van der Waals surface area contributed by atoms with Gasteiger partial charge in [0.1, 0.15) is 34.8 Å². The fraction of sp³-hybridized carbons (Fsp3) is 0.241. The summed E-state index contributed by atoms with van der Waals surface area (Å²) < 4.78 is 31.1. The molecule has 6 rings (SSSR count). The minimum atomic E-state index is -0.729. The van der Waals surface area contributed by atoms with E-state index in [1.807, 2.05) is 4.90 Å². The van der Waals surface area contributed by atoms with Crippen molar-refractivity contribution in [2.24, 2.45) is 5.92 Å². The van der Waals surface area contributed by atoms with Crippen LogP contribution in [-0.2, 0) is 0 Å². The lowest BCUT2D eigenvalue weighted by Crippen LogP contribution is -2.52. The molecule has 2 aromatic heterocycles. The van der Waals surface area contributed by atoms with Crippen LogP contribution in [0.1, 0.15) is 23.2 Å². The van der Waals surface area contributed by atoms with Crippen LogP contribution in [0, 0.1) is 59.5 Å². The molecule has 2 aliphatic rings. The quantitative estimate of drug-likeness (QED) is 0.391. The number of terminal acetylenes is 1. The van der Waals surface area contributed by atoms with Gasteiger partial charge in [0, 0.05) is 53.1 Å². The van der Waals surface area contributed by atoms with Crippen LogP contribution >= 0.6 is 0 Å². The minimum Gasteiger partial charge on any atom is -0.508 e. The van der Waals surface area contributed by atoms with Gasteiger partial charge in [-0.05, 0) is 42.5 Å². The van der Waals surface area contributed by atoms with Crippen molar-refractivity contribution in [2.45, 2.75) is 25.4 Å². The summed E-state index contributed by atoms with van der Waals surface area (Å²) >= 11 is 0. The fourth-order valence-corrected chi connectivity index (χ4v) is 5.84. The molecule has 2 fully saturated rings. The first-order valence-electron chi connectivity index (χ1n) is 12.1. The maximum Gasteiger partial charge on any atom is 0.157 e. The molecule has 2 aliphatic heterocycles. The zero-order valence-corrected chi connectivity index (χ0v) is 20.3. The van der Waals surface area contributed by atoms with Crippen molar-refractivity contribution in [2.75, 3.05) is 18.0 Å². The van der Waals surface area contributed by atoms with Gasteiger partial charge in [0.05, 0.1) is 17.6 Å². The van der Waals surface area contributed by atoms with Crippen LogP contribution in [0.25, 0.3) is 32.8 Å². The van der Waals surface area contributed by atoms with Gasteiger partial charge < -0.3 is 15.3 Å². The Morgan fingerprint density at radius 1 is 1.18 bits per heavy atom. The van der Waals surface area contributed by atoms with Crippen LogP contribution in [0.15, 0.2) is 30.5 Å². The van der Waals surface area contributed by atoms with Gasteiger partial charge in [0.25, 0.3) is 0 Å². The van der Waals surface area contributed by atoms with Crippen molar-refractivity contribution in [1.29, 1.82) is 10.5 Å². The third-order valence-electron chi connectivity index (χ3n) is 7.56. The monoisotopic (exact) mass is 506 g/mol. The first kappa shape index (κ1) is 23.6. The second kappa shape index (κ2) is 8.66. The van der Waals surface area contributed by atoms with E-state index in [0.29, 0.717) is 41.7 Å². The molecule has 2 saturated heterocycles. The first-order chi connectivity index (χ1) is 18.3. The molecule has 7 nitrogen and oxygen atoms in total. The average Bonchev–Trinajstić information content (AvgIpc) is 3.21. The molecule has 0 aliphatic carbocycles. The van der Waals surface area contributed by atoms with E-state index < -0.39 is 11.6 Å². The number of nitriles is 2. The predicted octanol–water partition coefficient (Wildman–Crippen LogP) is 4.29. The van der Waals surface area contributed by atoms with Crippen LogP contribution in [0.3, 0.4) is 0 Å². The lowest BCUT2D eigenvalue weighted by molar-refractivity contribution is 0.450. The summed E-state index contributed by atoms with van der Waals surface area (Å²) in [5.74, 6) is 1.09. The van der Waals surface area contributed by atoms with Gasteiger partial charge in [-0.2, -0.15) is 10.5 Å². The molecule has 2 bridgehead atoms. The van der Waals surface area contributed by atoms with E-state index in [9.17, 15) is 20.0 Å². The molecule has 4 heterocycles. The number of rotatable bonds is 2. The summed E-state index contributed by atoms with van der Waals surface area (Å²) in [6.45, 7) is 2.65. The molecule has 3 atom stereocenters. The number of benzene rings is 2. The number of fused-ring (bicyclic) bond motifs is 4. The van der Waals surface area contributed by atoms with Gasteiger partial charge in [0.2, 0.25) is 0 Å². The van der Waals surface area contributed by atoms with Gasteiger partial charge in [-0.1, -0.05) is 12.0 Å². The minimum absolute atomic E-state index is 0.0599. The summed E-state index contributed by atoms with van der Waals surface area (Å²) in [7, 11) is 0. The zero-order valence-electron chi connectivity index (χ0n) is 20.3. The molecule has 0 amide bonds. The smallest absolute Gasteiger partial charge is 0.157 e. The molecule has 2 aromatic carbocycles. The van der Waals surface area contributed by atoms with Gasteiger partial charge in [-0.15, -0.1) is 6.42 Å². The van der Waals surface area contributed by atoms with Gasteiger partial charge >= 0.3 is 0 Å². The third-order valence-corrected chi connectivity index (χ3v) is 7.56. The van der Waals surface area contributed by atoms with Crippen molar-refractivity contribution in [3.63, 3.8) is 0 Å². The Kier molecular flexibility index (Phi) is 5.38. The molecular formula is C29H20F2N6O. The Morgan fingerprint density at radius 2 is 2.00 bits per heavy atom. The third kappa shape index (κ3) is 3.43. The van der Waals surface area contributed by atoms with E-state index in [1.165, 1.54) is 30.5 Å². The number of phenolic OH excluding ortho intramolecular Hbond substituents is 1. The number of pyridine rings is 2. The van der Waals surface area contributed by atoms with Crippen molar-refractivity contribution in [3.8, 4) is 41.5 Å². The zero-order chi connectivity index (χ0) is 26.7. The average molecular weight is 507 g/mol. The van der Waals surface area contributed by atoms with Gasteiger partial charge in [0.15, 0.2) is 5.82 Å². The summed E-state index contributed by atoms with van der Waals surface area (Å²) in [4.78, 5) is 11.0. The largest absolute Gasteiger partial charge is 0.508 e. The number of phenols is 1. The van der Waals surface area contributed by atoms with E-state index in [4.69, 9.17) is 6.42 Å². The highest BCUT2D eigenvalue weighted by Gasteiger charge is 2.41. The normalized spacial score (nSPS) is 20.3. The fourth-order valence-electron chi connectivity index (χ4n) is 5.84. The van der Waals surface area contributed by atoms with E-state index in [2.05, 4.69) is 33.3 Å². The Morgan fingerprint density at radius 3 is 2.74 bits per heavy atom. The van der Waals surface area contributed by atoms with Crippen LogP contribution in [0.2, 0.25) is 0 Å². The number of hydrogen-bond donors (Lipinski definition) is 2. The highest BCUT2D eigenvalue weighted by atomic mass is 19.1. The number of aryl methyl sites for hydroxylation is 1. The van der Waals surface area contributed by atoms with Gasteiger partial charge in [-0.3, -0.25) is 4.98 Å². The van der Waals surface area contributed by atoms with Crippen molar-refractivity contribution < 1.29 is 13.9 Å².